The second-order valence-electron chi connectivity index (χ2n) is 4.19. The summed E-state index contributed by atoms with van der Waals surface area (Å²) >= 11 is 0. The maximum absolute atomic E-state index is 5.29. The fraction of sp³-hybridized carbons (Fsp3) is 0.545. The molecule has 3 rings (SSSR count). The van der Waals surface area contributed by atoms with Gasteiger partial charge in [-0.2, -0.15) is 10.1 Å². The fourth-order valence-corrected chi connectivity index (χ4v) is 2.04. The Kier molecular flexibility index (Phi) is 2.64. The van der Waals surface area contributed by atoms with Gasteiger partial charge in [0.05, 0.1) is 17.8 Å². The molecule has 0 aromatic carbocycles. The van der Waals surface area contributed by atoms with Crippen LogP contribution in [-0.2, 0) is 6.54 Å². The van der Waals surface area contributed by atoms with Gasteiger partial charge in [0.25, 0.3) is 0 Å². The minimum absolute atomic E-state index is 0.220. The molecule has 0 saturated carbocycles. The van der Waals surface area contributed by atoms with Crippen LogP contribution in [0.5, 0.6) is 0 Å². The summed E-state index contributed by atoms with van der Waals surface area (Å²) in [6.45, 7) is 3.91. The van der Waals surface area contributed by atoms with Crippen molar-refractivity contribution >= 4 is 0 Å². The minimum Gasteiger partial charge on any atom is -0.337 e. The van der Waals surface area contributed by atoms with Crippen molar-refractivity contribution in [3.63, 3.8) is 0 Å². The summed E-state index contributed by atoms with van der Waals surface area (Å²) in [5.41, 5.74) is 0.903. The van der Waals surface area contributed by atoms with E-state index in [2.05, 4.69) is 20.6 Å². The second kappa shape index (κ2) is 4.29. The van der Waals surface area contributed by atoms with Crippen molar-refractivity contribution in [3.05, 3.63) is 18.3 Å². The van der Waals surface area contributed by atoms with E-state index in [0.717, 1.165) is 31.5 Å². The van der Waals surface area contributed by atoms with Gasteiger partial charge in [-0.25, -0.2) is 0 Å². The topological polar surface area (TPSA) is 68.8 Å². The highest BCUT2D eigenvalue weighted by Gasteiger charge is 2.22. The van der Waals surface area contributed by atoms with Gasteiger partial charge in [0, 0.05) is 12.7 Å². The van der Waals surface area contributed by atoms with E-state index < -0.39 is 0 Å². The number of nitrogens with one attached hydrogen (secondary N) is 1. The molecule has 90 valence electrons. The molecule has 1 atom stereocenters. The Hall–Kier alpha value is -1.69. The van der Waals surface area contributed by atoms with Crippen molar-refractivity contribution in [1.29, 1.82) is 0 Å². The van der Waals surface area contributed by atoms with E-state index in [4.69, 9.17) is 4.52 Å². The van der Waals surface area contributed by atoms with Crippen LogP contribution in [0.3, 0.4) is 0 Å². The quantitative estimate of drug-likeness (QED) is 0.867. The Labute approximate surface area is 99.0 Å². The Balaban J connectivity index is 1.83. The van der Waals surface area contributed by atoms with Crippen molar-refractivity contribution in [2.24, 2.45) is 0 Å². The van der Waals surface area contributed by atoms with E-state index in [1.807, 2.05) is 17.8 Å². The van der Waals surface area contributed by atoms with Gasteiger partial charge in [-0.3, -0.25) is 4.68 Å². The van der Waals surface area contributed by atoms with E-state index in [-0.39, 0.29) is 6.04 Å². The third-order valence-electron chi connectivity index (χ3n) is 3.02. The van der Waals surface area contributed by atoms with Crippen LogP contribution >= 0.6 is 0 Å². The zero-order valence-electron chi connectivity index (χ0n) is 9.76. The molecule has 3 heterocycles. The van der Waals surface area contributed by atoms with Crippen LogP contribution in [0.25, 0.3) is 11.4 Å². The molecule has 0 unspecified atom stereocenters. The number of hydrogen-bond acceptors (Lipinski definition) is 5. The molecular weight excluding hydrogens is 218 g/mol. The van der Waals surface area contributed by atoms with Crippen LogP contribution in [0.4, 0.5) is 0 Å². The van der Waals surface area contributed by atoms with E-state index >= 15 is 0 Å². The lowest BCUT2D eigenvalue weighted by atomic mass is 10.2. The highest BCUT2D eigenvalue weighted by molar-refractivity contribution is 5.51. The molecular formula is C11H15N5O. The molecule has 0 radical (unpaired) electrons. The van der Waals surface area contributed by atoms with Gasteiger partial charge in [0.2, 0.25) is 11.7 Å². The van der Waals surface area contributed by atoms with E-state index in [0.29, 0.717) is 11.7 Å². The largest absolute Gasteiger partial charge is 0.337 e. The number of rotatable bonds is 3. The molecule has 1 aliphatic rings. The lowest BCUT2D eigenvalue weighted by Crippen LogP contribution is -2.12. The van der Waals surface area contributed by atoms with Crippen molar-refractivity contribution in [2.45, 2.75) is 32.4 Å². The van der Waals surface area contributed by atoms with Crippen molar-refractivity contribution in [2.75, 3.05) is 6.54 Å². The molecule has 1 saturated heterocycles. The summed E-state index contributed by atoms with van der Waals surface area (Å²) < 4.78 is 7.13. The van der Waals surface area contributed by atoms with Gasteiger partial charge in [-0.1, -0.05) is 5.16 Å². The van der Waals surface area contributed by atoms with Gasteiger partial charge in [-0.05, 0) is 26.3 Å². The third kappa shape index (κ3) is 1.95. The minimum atomic E-state index is 0.220. The molecule has 17 heavy (non-hydrogen) atoms. The molecule has 1 N–H and O–H groups in total. The molecule has 0 amide bonds. The average molecular weight is 233 g/mol. The van der Waals surface area contributed by atoms with Crippen molar-refractivity contribution in [3.8, 4) is 11.4 Å². The van der Waals surface area contributed by atoms with Gasteiger partial charge in [-0.15, -0.1) is 0 Å². The lowest BCUT2D eigenvalue weighted by Gasteiger charge is -2.01. The number of nitrogens with zero attached hydrogens (tertiary/aromatic N) is 4. The number of hydrogen-bond donors (Lipinski definition) is 1. The van der Waals surface area contributed by atoms with Gasteiger partial charge < -0.3 is 9.84 Å². The summed E-state index contributed by atoms with van der Waals surface area (Å²) in [4.78, 5) is 4.42. The summed E-state index contributed by atoms with van der Waals surface area (Å²) in [6.07, 6.45) is 5.92. The van der Waals surface area contributed by atoms with E-state index in [9.17, 15) is 0 Å². The van der Waals surface area contributed by atoms with Crippen LogP contribution < -0.4 is 5.32 Å². The Morgan fingerprint density at radius 1 is 1.59 bits per heavy atom. The van der Waals surface area contributed by atoms with Crippen LogP contribution in [0, 0.1) is 0 Å². The summed E-state index contributed by atoms with van der Waals surface area (Å²) in [5.74, 6) is 1.30. The first-order valence-electron chi connectivity index (χ1n) is 5.96. The van der Waals surface area contributed by atoms with Crippen LogP contribution in [0.15, 0.2) is 16.9 Å². The lowest BCUT2D eigenvalue weighted by molar-refractivity contribution is 0.345. The monoisotopic (exact) mass is 233 g/mol. The Bertz CT molecular complexity index is 497. The van der Waals surface area contributed by atoms with Gasteiger partial charge >= 0.3 is 0 Å². The highest BCUT2D eigenvalue weighted by atomic mass is 16.5. The zero-order valence-corrected chi connectivity index (χ0v) is 9.76. The standard InChI is InChI=1S/C11H15N5O/c1-2-16-7-8(6-13-16)10-14-11(17-15-10)9-4-3-5-12-9/h6-7,9,12H,2-5H2,1H3/t9-/m1/s1. The zero-order chi connectivity index (χ0) is 11.7. The Morgan fingerprint density at radius 3 is 3.24 bits per heavy atom. The van der Waals surface area contributed by atoms with Crippen molar-refractivity contribution in [1.82, 2.24) is 25.2 Å². The first-order valence-corrected chi connectivity index (χ1v) is 5.96. The van der Waals surface area contributed by atoms with E-state index in [1.165, 1.54) is 0 Å². The van der Waals surface area contributed by atoms with Crippen LogP contribution in [0.1, 0.15) is 31.7 Å². The SMILES string of the molecule is CCn1cc(-c2noc([C@H]3CCCN3)n2)cn1. The van der Waals surface area contributed by atoms with Gasteiger partial charge in [0.15, 0.2) is 0 Å². The molecule has 2 aromatic rings. The molecule has 0 aliphatic carbocycles. The molecule has 0 bridgehead atoms. The highest BCUT2D eigenvalue weighted by Crippen LogP contribution is 2.23. The average Bonchev–Trinajstić information content (AvgIpc) is 3.09. The molecule has 1 fully saturated rings. The molecule has 6 nitrogen and oxygen atoms in total. The second-order valence-corrected chi connectivity index (χ2v) is 4.19. The predicted molar refractivity (Wildman–Crippen MR) is 61.2 cm³/mol. The maximum atomic E-state index is 5.29. The first kappa shape index (κ1) is 10.5. The first-order chi connectivity index (χ1) is 8.36. The summed E-state index contributed by atoms with van der Waals surface area (Å²) in [7, 11) is 0. The summed E-state index contributed by atoms with van der Waals surface area (Å²) in [6, 6.07) is 0.220. The third-order valence-corrected chi connectivity index (χ3v) is 3.02. The Morgan fingerprint density at radius 2 is 2.53 bits per heavy atom. The predicted octanol–water partition coefficient (Wildman–Crippen LogP) is 1.38. The van der Waals surface area contributed by atoms with Gasteiger partial charge in [0.1, 0.15) is 0 Å². The molecule has 1 aliphatic heterocycles. The maximum Gasteiger partial charge on any atom is 0.244 e. The normalized spacial score (nSPS) is 19.9. The smallest absolute Gasteiger partial charge is 0.244 e. The summed E-state index contributed by atoms with van der Waals surface area (Å²) in [5, 5.41) is 11.5. The molecule has 0 spiro atoms. The molecule has 2 aromatic heterocycles. The van der Waals surface area contributed by atoms with Crippen LogP contribution in [0.2, 0.25) is 0 Å². The molecule has 6 heteroatoms. The number of aromatic nitrogens is 4. The number of aryl methyl sites for hydroxylation is 1. The fourth-order valence-electron chi connectivity index (χ4n) is 2.04. The van der Waals surface area contributed by atoms with Crippen LogP contribution in [-0.4, -0.2) is 26.5 Å². The van der Waals surface area contributed by atoms with E-state index in [1.54, 1.807) is 6.20 Å². The van der Waals surface area contributed by atoms with Crippen molar-refractivity contribution < 1.29 is 4.52 Å².